The van der Waals surface area contributed by atoms with E-state index in [-0.39, 0.29) is 10.6 Å². The Morgan fingerprint density at radius 1 is 1.04 bits per heavy atom. The molecular weight excluding hydrogens is 343 g/mol. The van der Waals surface area contributed by atoms with Crippen molar-refractivity contribution in [3.63, 3.8) is 0 Å². The number of benzene rings is 2. The minimum atomic E-state index is -4.55. The molecule has 0 aliphatic rings. The van der Waals surface area contributed by atoms with Crippen LogP contribution in [0.4, 0.5) is 18.9 Å². The Morgan fingerprint density at radius 2 is 1.71 bits per heavy atom. The predicted octanol–water partition coefficient (Wildman–Crippen LogP) is 4.13. The normalized spacial score (nSPS) is 12.1. The zero-order chi connectivity index (χ0) is 18.1. The van der Waals surface area contributed by atoms with Crippen molar-refractivity contribution in [2.24, 2.45) is 0 Å². The molecule has 0 aliphatic heterocycles. The molecule has 0 saturated heterocycles. The van der Waals surface area contributed by atoms with E-state index in [1.165, 1.54) is 19.2 Å². The zero-order valence-corrected chi connectivity index (χ0v) is 14.0. The zero-order valence-electron chi connectivity index (χ0n) is 13.2. The first-order chi connectivity index (χ1) is 11.0. The fourth-order valence-corrected chi connectivity index (χ4v) is 3.60. The van der Waals surface area contributed by atoms with Gasteiger partial charge in [0, 0.05) is 5.69 Å². The van der Waals surface area contributed by atoms with Gasteiger partial charge in [0.05, 0.1) is 17.6 Å². The number of aryl methyl sites for hydroxylation is 2. The lowest BCUT2D eigenvalue weighted by Gasteiger charge is -2.14. The second kappa shape index (κ2) is 6.35. The Hall–Kier alpha value is -2.22. The van der Waals surface area contributed by atoms with Gasteiger partial charge >= 0.3 is 6.18 Å². The van der Waals surface area contributed by atoms with E-state index >= 15 is 0 Å². The van der Waals surface area contributed by atoms with E-state index in [9.17, 15) is 21.6 Å². The van der Waals surface area contributed by atoms with Crippen molar-refractivity contribution in [2.45, 2.75) is 24.9 Å². The quantitative estimate of drug-likeness (QED) is 0.893. The van der Waals surface area contributed by atoms with Crippen molar-refractivity contribution < 1.29 is 26.3 Å². The van der Waals surface area contributed by atoms with Gasteiger partial charge in [-0.25, -0.2) is 8.42 Å². The summed E-state index contributed by atoms with van der Waals surface area (Å²) in [6.45, 7) is 3.27. The lowest BCUT2D eigenvalue weighted by atomic mass is 10.1. The smallest absolute Gasteiger partial charge is 0.416 e. The monoisotopic (exact) mass is 359 g/mol. The van der Waals surface area contributed by atoms with Crippen LogP contribution in [0.5, 0.6) is 5.75 Å². The molecule has 0 heterocycles. The van der Waals surface area contributed by atoms with Gasteiger partial charge in [-0.3, -0.25) is 4.72 Å². The molecule has 130 valence electrons. The van der Waals surface area contributed by atoms with Crippen LogP contribution in [0.1, 0.15) is 16.7 Å². The molecule has 0 aliphatic carbocycles. The van der Waals surface area contributed by atoms with E-state index in [2.05, 4.69) is 4.72 Å². The lowest BCUT2D eigenvalue weighted by Crippen LogP contribution is -2.15. The number of halogens is 3. The number of alkyl halides is 3. The van der Waals surface area contributed by atoms with Crippen molar-refractivity contribution in [3.8, 4) is 5.75 Å². The summed E-state index contributed by atoms with van der Waals surface area (Å²) in [7, 11) is -2.56. The fraction of sp³-hybridized carbons (Fsp3) is 0.250. The molecule has 0 spiro atoms. The molecule has 2 rings (SSSR count). The van der Waals surface area contributed by atoms with E-state index in [0.29, 0.717) is 16.9 Å². The molecule has 0 aromatic heterocycles. The number of hydrogen-bond acceptors (Lipinski definition) is 3. The van der Waals surface area contributed by atoms with Gasteiger partial charge in [0.1, 0.15) is 5.75 Å². The summed E-state index contributed by atoms with van der Waals surface area (Å²) in [5.41, 5.74) is -0.0486. The van der Waals surface area contributed by atoms with E-state index in [1.54, 1.807) is 19.9 Å². The highest BCUT2D eigenvalue weighted by molar-refractivity contribution is 7.92. The summed E-state index contributed by atoms with van der Waals surface area (Å²) in [6, 6.07) is 7.02. The first-order valence-electron chi connectivity index (χ1n) is 6.90. The van der Waals surface area contributed by atoms with Crippen LogP contribution in [0.15, 0.2) is 41.3 Å². The molecule has 0 amide bonds. The average molecular weight is 359 g/mol. The number of nitrogens with one attached hydrogen (secondary N) is 1. The molecule has 1 N–H and O–H groups in total. The topological polar surface area (TPSA) is 55.4 Å². The Balaban J connectivity index is 2.41. The van der Waals surface area contributed by atoms with Gasteiger partial charge in [0.25, 0.3) is 10.0 Å². The minimum absolute atomic E-state index is 0.0155. The van der Waals surface area contributed by atoms with Gasteiger partial charge in [-0.15, -0.1) is 0 Å². The Labute approximate surface area is 138 Å². The maximum atomic E-state index is 12.7. The number of hydrogen-bond donors (Lipinski definition) is 1. The maximum Gasteiger partial charge on any atom is 0.416 e. The highest BCUT2D eigenvalue weighted by Crippen LogP contribution is 2.32. The van der Waals surface area contributed by atoms with Gasteiger partial charge in [0.15, 0.2) is 0 Å². The number of anilines is 1. The molecule has 2 aromatic carbocycles. The summed E-state index contributed by atoms with van der Waals surface area (Å²) in [4.78, 5) is -0.0155. The number of sulfonamides is 1. The largest absolute Gasteiger partial charge is 0.496 e. The van der Waals surface area contributed by atoms with E-state index in [0.717, 1.165) is 18.2 Å². The molecule has 8 heteroatoms. The van der Waals surface area contributed by atoms with Crippen molar-refractivity contribution >= 4 is 15.7 Å². The summed E-state index contributed by atoms with van der Waals surface area (Å²) < 4.78 is 70.5. The van der Waals surface area contributed by atoms with Gasteiger partial charge in [0.2, 0.25) is 0 Å². The van der Waals surface area contributed by atoms with Gasteiger partial charge in [-0.2, -0.15) is 13.2 Å². The number of ether oxygens (including phenoxy) is 1. The minimum Gasteiger partial charge on any atom is -0.496 e. The number of methoxy groups -OCH3 is 1. The third-order valence-corrected chi connectivity index (χ3v) is 4.95. The standard InChI is InChI=1S/C16H16F3NO3S/c1-10-8-15(11(2)7-14(10)23-3)24(21,22)20-13-6-4-5-12(9-13)16(17,18)19/h4-9,20H,1-3H3. The second-order valence-corrected chi connectivity index (χ2v) is 6.92. The summed E-state index contributed by atoms with van der Waals surface area (Å²) in [5, 5.41) is 0. The van der Waals surface area contributed by atoms with Crippen LogP contribution >= 0.6 is 0 Å². The first-order valence-corrected chi connectivity index (χ1v) is 8.38. The van der Waals surface area contributed by atoms with Crippen LogP contribution in [0.25, 0.3) is 0 Å². The van der Waals surface area contributed by atoms with E-state index in [4.69, 9.17) is 4.74 Å². The van der Waals surface area contributed by atoms with Crippen LogP contribution in [-0.4, -0.2) is 15.5 Å². The lowest BCUT2D eigenvalue weighted by molar-refractivity contribution is -0.137. The van der Waals surface area contributed by atoms with Crippen LogP contribution in [0.2, 0.25) is 0 Å². The molecule has 4 nitrogen and oxygen atoms in total. The summed E-state index contributed by atoms with van der Waals surface area (Å²) in [5.74, 6) is 0.533. The van der Waals surface area contributed by atoms with Crippen LogP contribution in [0, 0.1) is 13.8 Å². The van der Waals surface area contributed by atoms with E-state index in [1.807, 2.05) is 0 Å². The molecule has 0 saturated carbocycles. The molecule has 24 heavy (non-hydrogen) atoms. The summed E-state index contributed by atoms with van der Waals surface area (Å²) in [6.07, 6.45) is -4.55. The Morgan fingerprint density at radius 3 is 2.29 bits per heavy atom. The third-order valence-electron chi connectivity index (χ3n) is 3.42. The van der Waals surface area contributed by atoms with Crippen molar-refractivity contribution in [2.75, 3.05) is 11.8 Å². The third kappa shape index (κ3) is 3.81. The summed E-state index contributed by atoms with van der Waals surface area (Å²) >= 11 is 0. The maximum absolute atomic E-state index is 12.7. The Kier molecular flexibility index (Phi) is 4.80. The van der Waals surface area contributed by atoms with Crippen molar-refractivity contribution in [3.05, 3.63) is 53.1 Å². The Bertz CT molecular complexity index is 861. The molecule has 0 atom stereocenters. The van der Waals surface area contributed by atoms with Crippen molar-refractivity contribution in [1.82, 2.24) is 0 Å². The van der Waals surface area contributed by atoms with Gasteiger partial charge in [-0.1, -0.05) is 6.07 Å². The van der Waals surface area contributed by atoms with Gasteiger partial charge in [-0.05, 0) is 55.3 Å². The molecule has 0 unspecified atom stereocenters. The molecule has 0 fully saturated rings. The predicted molar refractivity (Wildman–Crippen MR) is 84.7 cm³/mol. The SMILES string of the molecule is COc1cc(C)c(S(=O)(=O)Nc2cccc(C(F)(F)F)c2)cc1C. The van der Waals surface area contributed by atoms with E-state index < -0.39 is 21.8 Å². The average Bonchev–Trinajstić information content (AvgIpc) is 2.48. The second-order valence-electron chi connectivity index (χ2n) is 5.27. The number of rotatable bonds is 4. The molecular formula is C16H16F3NO3S. The first kappa shape index (κ1) is 18.1. The molecule has 2 aromatic rings. The van der Waals surface area contributed by atoms with Crippen LogP contribution in [-0.2, 0) is 16.2 Å². The highest BCUT2D eigenvalue weighted by Gasteiger charge is 2.30. The van der Waals surface area contributed by atoms with Gasteiger partial charge < -0.3 is 4.74 Å². The van der Waals surface area contributed by atoms with Crippen molar-refractivity contribution in [1.29, 1.82) is 0 Å². The molecule has 0 bridgehead atoms. The fourth-order valence-electron chi connectivity index (χ4n) is 2.24. The molecule has 0 radical (unpaired) electrons. The van der Waals surface area contributed by atoms with Crippen LogP contribution < -0.4 is 9.46 Å². The van der Waals surface area contributed by atoms with Crippen LogP contribution in [0.3, 0.4) is 0 Å². The highest BCUT2D eigenvalue weighted by atomic mass is 32.2.